The smallest absolute Gasteiger partial charge is 0.177 e. The summed E-state index contributed by atoms with van der Waals surface area (Å²) in [6.07, 6.45) is 0. The molecule has 0 bridgehead atoms. The van der Waals surface area contributed by atoms with E-state index in [-0.39, 0.29) is 5.62 Å². The minimum absolute atomic E-state index is 0.140. The third kappa shape index (κ3) is 1.08. The highest BCUT2D eigenvalue weighted by atomic mass is 79.9. The number of anilines is 2. The third-order valence-corrected chi connectivity index (χ3v) is 3.00. The summed E-state index contributed by atoms with van der Waals surface area (Å²) in [6, 6.07) is 6.00. The molecule has 1 aromatic carbocycles. The molecular formula is C8H8BrClN2. The van der Waals surface area contributed by atoms with E-state index >= 15 is 0 Å². The predicted octanol–water partition coefficient (Wildman–Crippen LogP) is 2.83. The zero-order chi connectivity index (χ0) is 8.72. The van der Waals surface area contributed by atoms with E-state index < -0.39 is 0 Å². The number of nitrogens with one attached hydrogen (secondary N) is 1. The number of alkyl halides is 1. The van der Waals surface area contributed by atoms with Crippen LogP contribution in [0.4, 0.5) is 11.4 Å². The SMILES string of the molecule is CN1c2c(Br)cccc2NC1Cl. The van der Waals surface area contributed by atoms with E-state index in [1.54, 1.807) is 0 Å². The standard InChI is InChI=1S/C8H8BrClN2/c1-12-7-5(9)3-2-4-6(7)11-8(12)10/h2-4,8,11H,1H3. The molecule has 2 nitrogen and oxygen atoms in total. The number of fused-ring (bicyclic) bond motifs is 1. The molecule has 0 saturated heterocycles. The molecule has 0 saturated carbocycles. The predicted molar refractivity (Wildman–Crippen MR) is 55.8 cm³/mol. The number of benzene rings is 1. The summed E-state index contributed by atoms with van der Waals surface area (Å²) < 4.78 is 1.07. The zero-order valence-electron chi connectivity index (χ0n) is 6.51. The molecule has 2 rings (SSSR count). The van der Waals surface area contributed by atoms with Gasteiger partial charge < -0.3 is 10.2 Å². The number of hydrogen-bond acceptors (Lipinski definition) is 2. The van der Waals surface area contributed by atoms with Crippen LogP contribution in [0.15, 0.2) is 22.7 Å². The Morgan fingerprint density at radius 3 is 3.00 bits per heavy atom. The summed E-state index contributed by atoms with van der Waals surface area (Å²) in [4.78, 5) is 1.99. The van der Waals surface area contributed by atoms with Crippen molar-refractivity contribution in [2.45, 2.75) is 5.62 Å². The Morgan fingerprint density at radius 1 is 1.58 bits per heavy atom. The molecule has 0 fully saturated rings. The van der Waals surface area contributed by atoms with Crippen molar-refractivity contribution in [3.05, 3.63) is 22.7 Å². The van der Waals surface area contributed by atoms with Crippen molar-refractivity contribution in [3.63, 3.8) is 0 Å². The molecule has 1 aromatic rings. The van der Waals surface area contributed by atoms with Crippen molar-refractivity contribution in [2.75, 3.05) is 17.3 Å². The van der Waals surface area contributed by atoms with Crippen molar-refractivity contribution >= 4 is 38.9 Å². The van der Waals surface area contributed by atoms with Crippen LogP contribution in [0, 0.1) is 0 Å². The van der Waals surface area contributed by atoms with Crippen LogP contribution in [0.1, 0.15) is 0 Å². The monoisotopic (exact) mass is 246 g/mol. The Labute approximate surface area is 84.6 Å². The second-order valence-electron chi connectivity index (χ2n) is 2.73. The van der Waals surface area contributed by atoms with Gasteiger partial charge in [0.05, 0.1) is 11.4 Å². The van der Waals surface area contributed by atoms with Crippen molar-refractivity contribution in [2.24, 2.45) is 0 Å². The molecule has 0 amide bonds. The van der Waals surface area contributed by atoms with Gasteiger partial charge in [0.15, 0.2) is 5.62 Å². The fraction of sp³-hybridized carbons (Fsp3) is 0.250. The number of para-hydroxylation sites is 1. The minimum Gasteiger partial charge on any atom is -0.351 e. The molecule has 1 heterocycles. The maximum Gasteiger partial charge on any atom is 0.177 e. The highest BCUT2D eigenvalue weighted by molar-refractivity contribution is 9.10. The van der Waals surface area contributed by atoms with Crippen LogP contribution in [0.5, 0.6) is 0 Å². The zero-order valence-corrected chi connectivity index (χ0v) is 8.85. The summed E-state index contributed by atoms with van der Waals surface area (Å²) in [5.74, 6) is 0. The van der Waals surface area contributed by atoms with Gasteiger partial charge in [-0.25, -0.2) is 0 Å². The van der Waals surface area contributed by atoms with Gasteiger partial charge in [-0.1, -0.05) is 17.7 Å². The van der Waals surface area contributed by atoms with Gasteiger partial charge in [0, 0.05) is 11.5 Å². The lowest BCUT2D eigenvalue weighted by molar-refractivity contribution is 0.959. The number of hydrogen-bond donors (Lipinski definition) is 1. The first-order valence-electron chi connectivity index (χ1n) is 3.62. The highest BCUT2D eigenvalue weighted by Crippen LogP contribution is 2.40. The first kappa shape index (κ1) is 8.20. The maximum atomic E-state index is 5.99. The van der Waals surface area contributed by atoms with Gasteiger partial charge in [0.1, 0.15) is 0 Å². The molecule has 1 N–H and O–H groups in total. The summed E-state index contributed by atoms with van der Waals surface area (Å²) in [7, 11) is 1.96. The lowest BCUT2D eigenvalue weighted by atomic mass is 10.3. The van der Waals surface area contributed by atoms with Crippen molar-refractivity contribution in [1.82, 2.24) is 0 Å². The summed E-state index contributed by atoms with van der Waals surface area (Å²) in [5.41, 5.74) is 2.06. The van der Waals surface area contributed by atoms with Crippen LogP contribution in [0.25, 0.3) is 0 Å². The Bertz CT molecular complexity index is 316. The van der Waals surface area contributed by atoms with Gasteiger partial charge in [0.2, 0.25) is 0 Å². The molecule has 4 heteroatoms. The van der Waals surface area contributed by atoms with Gasteiger partial charge in [0.25, 0.3) is 0 Å². The van der Waals surface area contributed by atoms with E-state index in [1.165, 1.54) is 0 Å². The van der Waals surface area contributed by atoms with E-state index in [0.717, 1.165) is 15.8 Å². The molecule has 0 aliphatic carbocycles. The molecule has 1 unspecified atom stereocenters. The molecule has 1 aliphatic rings. The van der Waals surface area contributed by atoms with Gasteiger partial charge >= 0.3 is 0 Å². The Balaban J connectivity index is 2.55. The largest absolute Gasteiger partial charge is 0.351 e. The quantitative estimate of drug-likeness (QED) is 0.560. The molecule has 1 atom stereocenters. The van der Waals surface area contributed by atoms with E-state index in [0.29, 0.717) is 0 Å². The second kappa shape index (κ2) is 2.82. The molecule has 1 aliphatic heterocycles. The van der Waals surface area contributed by atoms with Gasteiger partial charge in [-0.2, -0.15) is 0 Å². The fourth-order valence-corrected chi connectivity index (χ4v) is 2.19. The van der Waals surface area contributed by atoms with Gasteiger partial charge in [-0.05, 0) is 28.1 Å². The molecule has 0 spiro atoms. The van der Waals surface area contributed by atoms with E-state index in [4.69, 9.17) is 11.6 Å². The molecule has 0 radical (unpaired) electrons. The van der Waals surface area contributed by atoms with Crippen molar-refractivity contribution in [3.8, 4) is 0 Å². The Morgan fingerprint density at radius 2 is 2.33 bits per heavy atom. The lowest BCUT2D eigenvalue weighted by Gasteiger charge is -2.15. The summed E-state index contributed by atoms with van der Waals surface area (Å²) in [5, 5.41) is 3.15. The minimum atomic E-state index is -0.140. The first-order valence-corrected chi connectivity index (χ1v) is 4.85. The topological polar surface area (TPSA) is 15.3 Å². The maximum absolute atomic E-state index is 5.99. The lowest BCUT2D eigenvalue weighted by Crippen LogP contribution is -2.26. The summed E-state index contributed by atoms with van der Waals surface area (Å²) in [6.45, 7) is 0. The van der Waals surface area contributed by atoms with Crippen LogP contribution in [-0.2, 0) is 0 Å². The Kier molecular flexibility index (Phi) is 1.93. The van der Waals surface area contributed by atoms with Crippen LogP contribution < -0.4 is 10.2 Å². The normalized spacial score (nSPS) is 20.6. The van der Waals surface area contributed by atoms with Gasteiger partial charge in [-0.15, -0.1) is 0 Å². The fourth-order valence-electron chi connectivity index (χ4n) is 1.33. The van der Waals surface area contributed by atoms with Crippen molar-refractivity contribution in [1.29, 1.82) is 0 Å². The number of nitrogens with zero attached hydrogens (tertiary/aromatic N) is 1. The Hall–Kier alpha value is -0.410. The van der Waals surface area contributed by atoms with Crippen molar-refractivity contribution < 1.29 is 0 Å². The number of halogens is 2. The van der Waals surface area contributed by atoms with Gasteiger partial charge in [-0.3, -0.25) is 0 Å². The average Bonchev–Trinajstić information content (AvgIpc) is 2.29. The van der Waals surface area contributed by atoms with Crippen LogP contribution in [0.3, 0.4) is 0 Å². The van der Waals surface area contributed by atoms with Crippen LogP contribution in [-0.4, -0.2) is 12.7 Å². The molecule has 64 valence electrons. The molecule has 12 heavy (non-hydrogen) atoms. The second-order valence-corrected chi connectivity index (χ2v) is 3.99. The van der Waals surface area contributed by atoms with E-state index in [9.17, 15) is 0 Å². The number of rotatable bonds is 0. The first-order chi connectivity index (χ1) is 5.70. The third-order valence-electron chi connectivity index (χ3n) is 1.95. The van der Waals surface area contributed by atoms with E-state index in [2.05, 4.69) is 21.2 Å². The van der Waals surface area contributed by atoms with Crippen LogP contribution in [0.2, 0.25) is 0 Å². The van der Waals surface area contributed by atoms with E-state index in [1.807, 2.05) is 30.1 Å². The average molecular weight is 248 g/mol. The summed E-state index contributed by atoms with van der Waals surface area (Å²) >= 11 is 9.47. The molecule has 0 aromatic heterocycles. The van der Waals surface area contributed by atoms with Crippen LogP contribution >= 0.6 is 27.5 Å². The highest BCUT2D eigenvalue weighted by Gasteiger charge is 2.24. The molecular weight excluding hydrogens is 239 g/mol.